The Morgan fingerprint density at radius 2 is 2.20 bits per heavy atom. The standard InChI is InChI=1S/C11H19NO3/c1-3-5-10(13)12-7-4-6-9(8-12)11(14)15-2/h9H,3-8H2,1-2H3. The lowest BCUT2D eigenvalue weighted by Gasteiger charge is -2.31. The normalized spacial score (nSPS) is 21.2. The number of ether oxygens (including phenoxy) is 1. The molecule has 1 heterocycles. The summed E-state index contributed by atoms with van der Waals surface area (Å²) in [5, 5.41) is 0. The van der Waals surface area contributed by atoms with Crippen LogP contribution in [0.5, 0.6) is 0 Å². The number of carbonyl (C=O) groups excluding carboxylic acids is 2. The SMILES string of the molecule is CCCC(=O)N1CCCC(C(=O)OC)C1. The van der Waals surface area contributed by atoms with Crippen molar-refractivity contribution in [1.82, 2.24) is 4.90 Å². The molecule has 1 fully saturated rings. The third kappa shape index (κ3) is 3.22. The topological polar surface area (TPSA) is 46.6 Å². The molecule has 0 aromatic heterocycles. The largest absolute Gasteiger partial charge is 0.469 e. The molecule has 4 heteroatoms. The van der Waals surface area contributed by atoms with Crippen LogP contribution in [0.25, 0.3) is 0 Å². The van der Waals surface area contributed by atoms with Gasteiger partial charge in [0.1, 0.15) is 0 Å². The number of rotatable bonds is 3. The zero-order valence-corrected chi connectivity index (χ0v) is 9.49. The number of carbonyl (C=O) groups is 2. The molecule has 1 aliphatic rings. The summed E-state index contributed by atoms with van der Waals surface area (Å²) < 4.78 is 4.70. The van der Waals surface area contributed by atoms with E-state index in [1.807, 2.05) is 6.92 Å². The van der Waals surface area contributed by atoms with E-state index in [0.717, 1.165) is 25.8 Å². The van der Waals surface area contributed by atoms with Crippen LogP contribution in [0, 0.1) is 5.92 Å². The first kappa shape index (κ1) is 12.0. The zero-order chi connectivity index (χ0) is 11.3. The van der Waals surface area contributed by atoms with E-state index in [1.54, 1.807) is 4.90 Å². The van der Waals surface area contributed by atoms with Crippen LogP contribution in [0.2, 0.25) is 0 Å². The van der Waals surface area contributed by atoms with Gasteiger partial charge in [0.2, 0.25) is 5.91 Å². The second-order valence-electron chi connectivity index (χ2n) is 3.95. The number of hydrogen-bond donors (Lipinski definition) is 0. The van der Waals surface area contributed by atoms with Crippen molar-refractivity contribution in [2.45, 2.75) is 32.6 Å². The molecule has 86 valence electrons. The first-order valence-corrected chi connectivity index (χ1v) is 5.54. The molecule has 4 nitrogen and oxygen atoms in total. The van der Waals surface area contributed by atoms with Crippen LogP contribution in [0.15, 0.2) is 0 Å². The molecular weight excluding hydrogens is 194 g/mol. The molecule has 1 saturated heterocycles. The fraction of sp³-hybridized carbons (Fsp3) is 0.818. The van der Waals surface area contributed by atoms with E-state index in [-0.39, 0.29) is 17.8 Å². The molecule has 1 aliphatic heterocycles. The minimum Gasteiger partial charge on any atom is -0.469 e. The van der Waals surface area contributed by atoms with Gasteiger partial charge in [-0.05, 0) is 19.3 Å². The molecule has 0 bridgehead atoms. The first-order chi connectivity index (χ1) is 7.19. The third-order valence-electron chi connectivity index (χ3n) is 2.77. The first-order valence-electron chi connectivity index (χ1n) is 5.54. The van der Waals surface area contributed by atoms with Crippen molar-refractivity contribution >= 4 is 11.9 Å². The van der Waals surface area contributed by atoms with Crippen molar-refractivity contribution < 1.29 is 14.3 Å². The minimum absolute atomic E-state index is 0.121. The molecular formula is C11H19NO3. The molecule has 0 radical (unpaired) electrons. The lowest BCUT2D eigenvalue weighted by atomic mass is 9.98. The molecule has 0 N–H and O–H groups in total. The van der Waals surface area contributed by atoms with Gasteiger partial charge in [-0.2, -0.15) is 0 Å². The molecule has 0 spiro atoms. The fourth-order valence-corrected chi connectivity index (χ4v) is 1.93. The van der Waals surface area contributed by atoms with Crippen molar-refractivity contribution in [3.63, 3.8) is 0 Å². The summed E-state index contributed by atoms with van der Waals surface area (Å²) in [5.41, 5.74) is 0. The van der Waals surface area contributed by atoms with E-state index in [1.165, 1.54) is 7.11 Å². The number of piperidine rings is 1. The molecule has 0 aromatic rings. The van der Waals surface area contributed by atoms with Gasteiger partial charge < -0.3 is 9.64 Å². The highest BCUT2D eigenvalue weighted by Crippen LogP contribution is 2.18. The van der Waals surface area contributed by atoms with Gasteiger partial charge in [0.25, 0.3) is 0 Å². The summed E-state index contributed by atoms with van der Waals surface area (Å²) in [5.74, 6) is -0.153. The maximum Gasteiger partial charge on any atom is 0.310 e. The van der Waals surface area contributed by atoms with Crippen molar-refractivity contribution in [1.29, 1.82) is 0 Å². The Morgan fingerprint density at radius 1 is 1.47 bits per heavy atom. The Kier molecular flexibility index (Phi) is 4.59. The summed E-state index contributed by atoms with van der Waals surface area (Å²) >= 11 is 0. The lowest BCUT2D eigenvalue weighted by molar-refractivity contribution is -0.149. The highest BCUT2D eigenvalue weighted by molar-refractivity contribution is 5.78. The minimum atomic E-state index is -0.191. The zero-order valence-electron chi connectivity index (χ0n) is 9.49. The van der Waals surface area contributed by atoms with E-state index < -0.39 is 0 Å². The van der Waals surface area contributed by atoms with Gasteiger partial charge in [-0.15, -0.1) is 0 Å². The average molecular weight is 213 g/mol. The predicted molar refractivity (Wildman–Crippen MR) is 56.2 cm³/mol. The second-order valence-corrected chi connectivity index (χ2v) is 3.95. The third-order valence-corrected chi connectivity index (χ3v) is 2.77. The Bertz CT molecular complexity index is 240. The summed E-state index contributed by atoms with van der Waals surface area (Å²) in [6, 6.07) is 0. The van der Waals surface area contributed by atoms with E-state index in [0.29, 0.717) is 13.0 Å². The molecule has 0 saturated carbocycles. The highest BCUT2D eigenvalue weighted by atomic mass is 16.5. The van der Waals surface area contributed by atoms with Gasteiger partial charge in [0, 0.05) is 19.5 Å². The maximum absolute atomic E-state index is 11.6. The van der Waals surface area contributed by atoms with E-state index in [4.69, 9.17) is 4.74 Å². The van der Waals surface area contributed by atoms with Gasteiger partial charge in [-0.3, -0.25) is 9.59 Å². The highest BCUT2D eigenvalue weighted by Gasteiger charge is 2.28. The number of methoxy groups -OCH3 is 1. The molecule has 15 heavy (non-hydrogen) atoms. The quantitative estimate of drug-likeness (QED) is 0.662. The summed E-state index contributed by atoms with van der Waals surface area (Å²) in [7, 11) is 1.40. The number of likely N-dealkylation sites (tertiary alicyclic amines) is 1. The summed E-state index contributed by atoms with van der Waals surface area (Å²) in [6.07, 6.45) is 3.17. The van der Waals surface area contributed by atoms with E-state index >= 15 is 0 Å². The Hall–Kier alpha value is -1.06. The van der Waals surface area contributed by atoms with Gasteiger partial charge in [-0.25, -0.2) is 0 Å². The second kappa shape index (κ2) is 5.73. The van der Waals surface area contributed by atoms with E-state index in [2.05, 4.69) is 0 Å². The van der Waals surface area contributed by atoms with E-state index in [9.17, 15) is 9.59 Å². The van der Waals surface area contributed by atoms with Crippen LogP contribution in [-0.4, -0.2) is 37.0 Å². The van der Waals surface area contributed by atoms with Crippen molar-refractivity contribution in [3.8, 4) is 0 Å². The number of nitrogens with zero attached hydrogens (tertiary/aromatic N) is 1. The average Bonchev–Trinajstić information content (AvgIpc) is 2.28. The van der Waals surface area contributed by atoms with Crippen LogP contribution in [0.4, 0.5) is 0 Å². The van der Waals surface area contributed by atoms with Crippen molar-refractivity contribution in [3.05, 3.63) is 0 Å². The summed E-state index contributed by atoms with van der Waals surface area (Å²) in [6.45, 7) is 3.30. The van der Waals surface area contributed by atoms with Crippen molar-refractivity contribution in [2.24, 2.45) is 5.92 Å². The van der Waals surface area contributed by atoms with Crippen molar-refractivity contribution in [2.75, 3.05) is 20.2 Å². The van der Waals surface area contributed by atoms with Crippen LogP contribution >= 0.6 is 0 Å². The molecule has 1 amide bonds. The lowest BCUT2D eigenvalue weighted by Crippen LogP contribution is -2.42. The van der Waals surface area contributed by atoms with Crippen LogP contribution in [0.3, 0.4) is 0 Å². The molecule has 1 rings (SSSR count). The van der Waals surface area contributed by atoms with Gasteiger partial charge >= 0.3 is 5.97 Å². The number of amides is 1. The smallest absolute Gasteiger partial charge is 0.310 e. The maximum atomic E-state index is 11.6. The molecule has 1 unspecified atom stereocenters. The Morgan fingerprint density at radius 3 is 2.80 bits per heavy atom. The predicted octanol–water partition coefficient (Wildman–Crippen LogP) is 1.20. The summed E-state index contributed by atoms with van der Waals surface area (Å²) in [4.78, 5) is 24.7. The molecule has 1 atom stereocenters. The molecule has 0 aliphatic carbocycles. The fourth-order valence-electron chi connectivity index (χ4n) is 1.93. The Labute approximate surface area is 90.6 Å². The molecule has 0 aromatic carbocycles. The Balaban J connectivity index is 2.48. The van der Waals surface area contributed by atoms with Crippen LogP contribution < -0.4 is 0 Å². The van der Waals surface area contributed by atoms with Gasteiger partial charge in [-0.1, -0.05) is 6.92 Å². The van der Waals surface area contributed by atoms with Gasteiger partial charge in [0.05, 0.1) is 13.0 Å². The number of esters is 1. The van der Waals surface area contributed by atoms with Crippen LogP contribution in [-0.2, 0) is 14.3 Å². The number of hydrogen-bond acceptors (Lipinski definition) is 3. The van der Waals surface area contributed by atoms with Gasteiger partial charge in [0.15, 0.2) is 0 Å². The van der Waals surface area contributed by atoms with Crippen LogP contribution in [0.1, 0.15) is 32.6 Å². The monoisotopic (exact) mass is 213 g/mol.